The minimum Gasteiger partial charge on any atom is -0.381 e. The molecule has 34 heavy (non-hydrogen) atoms. The van der Waals surface area contributed by atoms with Crippen LogP contribution >= 0.6 is 0 Å². The number of Topliss-reactive ketones (excluding diaryl/α,β-unsaturated/α-hetero) is 1. The molecule has 2 heterocycles. The Morgan fingerprint density at radius 1 is 1.24 bits per heavy atom. The number of carbonyl (C=O) groups is 1. The van der Waals surface area contributed by atoms with Gasteiger partial charge in [-0.1, -0.05) is 24.3 Å². The van der Waals surface area contributed by atoms with Gasteiger partial charge in [0.25, 0.3) is 0 Å². The Kier molecular flexibility index (Phi) is 7.33. The number of nitrogens with one attached hydrogen (secondary N) is 1. The summed E-state index contributed by atoms with van der Waals surface area (Å²) in [6, 6.07) is 9.84. The van der Waals surface area contributed by atoms with E-state index in [4.69, 9.17) is 15.0 Å². The monoisotopic (exact) mass is 458 g/mol. The van der Waals surface area contributed by atoms with Crippen molar-refractivity contribution in [1.82, 2.24) is 19.7 Å². The van der Waals surface area contributed by atoms with Gasteiger partial charge in [0.1, 0.15) is 0 Å². The number of ether oxygens (including phenoxy) is 1. The molecule has 3 aromatic rings. The van der Waals surface area contributed by atoms with Crippen LogP contribution in [0.3, 0.4) is 0 Å². The van der Waals surface area contributed by atoms with Crippen molar-refractivity contribution in [2.24, 2.45) is 5.92 Å². The number of rotatable bonds is 8. The van der Waals surface area contributed by atoms with E-state index in [-0.39, 0.29) is 18.1 Å². The van der Waals surface area contributed by atoms with Crippen LogP contribution in [0.2, 0.25) is 0 Å². The highest BCUT2D eigenvalue weighted by molar-refractivity contribution is 5.96. The summed E-state index contributed by atoms with van der Waals surface area (Å²) < 4.78 is 7.49. The number of nitrogens with zero attached hydrogens (tertiary/aromatic N) is 5. The first kappa shape index (κ1) is 23.6. The van der Waals surface area contributed by atoms with Crippen LogP contribution in [0.1, 0.15) is 61.0 Å². The molecular formula is C26H30N6O2. The largest absolute Gasteiger partial charge is 0.381 e. The molecule has 0 unspecified atom stereocenters. The number of hydrogen-bond acceptors (Lipinski definition) is 7. The van der Waals surface area contributed by atoms with Crippen LogP contribution in [0, 0.1) is 24.2 Å². The molecule has 0 spiro atoms. The predicted molar refractivity (Wildman–Crippen MR) is 130 cm³/mol. The van der Waals surface area contributed by atoms with Gasteiger partial charge in [0.05, 0.1) is 41.7 Å². The average molecular weight is 459 g/mol. The Balaban J connectivity index is 1.45. The van der Waals surface area contributed by atoms with Crippen LogP contribution in [0.4, 0.5) is 11.6 Å². The van der Waals surface area contributed by atoms with E-state index in [9.17, 15) is 4.79 Å². The SMILES string of the molecule is COC1CCC(n2cc(Nc3ncc(C)c(-c4ccc(C(=O)C[C@@H](C)C#N)cc4)n3)cn2)CC1. The lowest BCUT2D eigenvalue weighted by atomic mass is 9.93. The zero-order chi connectivity index (χ0) is 24.1. The number of methoxy groups -OCH3 is 1. The van der Waals surface area contributed by atoms with Crippen LogP contribution < -0.4 is 5.32 Å². The van der Waals surface area contributed by atoms with Crippen LogP contribution in [-0.4, -0.2) is 38.7 Å². The fourth-order valence-electron chi connectivity index (χ4n) is 4.33. The normalized spacial score (nSPS) is 18.8. The lowest BCUT2D eigenvalue weighted by Gasteiger charge is -2.27. The fourth-order valence-corrected chi connectivity index (χ4v) is 4.33. The molecule has 1 N–H and O–H groups in total. The van der Waals surface area contributed by atoms with Crippen LogP contribution in [0.15, 0.2) is 42.9 Å². The van der Waals surface area contributed by atoms with E-state index < -0.39 is 0 Å². The minimum atomic E-state index is -0.297. The molecule has 8 heteroatoms. The van der Waals surface area contributed by atoms with Gasteiger partial charge in [-0.25, -0.2) is 9.97 Å². The molecule has 2 aromatic heterocycles. The number of anilines is 2. The van der Waals surface area contributed by atoms with Crippen molar-refractivity contribution < 1.29 is 9.53 Å². The summed E-state index contributed by atoms with van der Waals surface area (Å²) in [7, 11) is 1.78. The van der Waals surface area contributed by atoms with Gasteiger partial charge in [-0.05, 0) is 45.1 Å². The maximum Gasteiger partial charge on any atom is 0.227 e. The molecule has 1 aliphatic carbocycles. The van der Waals surface area contributed by atoms with Gasteiger partial charge >= 0.3 is 0 Å². The Labute approximate surface area is 200 Å². The molecule has 0 radical (unpaired) electrons. The maximum absolute atomic E-state index is 12.3. The van der Waals surface area contributed by atoms with Crippen LogP contribution in [-0.2, 0) is 4.74 Å². The molecule has 4 rings (SSSR count). The third-order valence-electron chi connectivity index (χ3n) is 6.37. The average Bonchev–Trinajstić information content (AvgIpc) is 3.33. The van der Waals surface area contributed by atoms with E-state index in [1.165, 1.54) is 0 Å². The Morgan fingerprint density at radius 3 is 2.65 bits per heavy atom. The number of nitriles is 1. The topological polar surface area (TPSA) is 106 Å². The standard InChI is InChI=1S/C26H30N6O2/c1-17(13-27)12-24(33)19-4-6-20(7-5-19)25-18(2)14-28-26(31-25)30-21-15-29-32(16-21)22-8-10-23(34-3)11-9-22/h4-7,14-17,22-23H,8-12H2,1-3H3,(H,28,30,31)/t17-,22?,23?/m1/s1. The maximum atomic E-state index is 12.3. The second-order valence-corrected chi connectivity index (χ2v) is 8.96. The number of hydrogen-bond donors (Lipinski definition) is 1. The van der Waals surface area contributed by atoms with Gasteiger partial charge in [0, 0.05) is 37.1 Å². The molecule has 1 fully saturated rings. The molecule has 0 amide bonds. The molecule has 0 aliphatic heterocycles. The molecule has 1 saturated carbocycles. The second kappa shape index (κ2) is 10.6. The highest BCUT2D eigenvalue weighted by Crippen LogP contribution is 2.30. The second-order valence-electron chi connectivity index (χ2n) is 8.96. The van der Waals surface area contributed by atoms with E-state index >= 15 is 0 Å². The van der Waals surface area contributed by atoms with Gasteiger partial charge < -0.3 is 10.1 Å². The van der Waals surface area contributed by atoms with E-state index in [1.807, 2.05) is 29.9 Å². The number of aromatic nitrogens is 4. The van der Waals surface area contributed by atoms with Gasteiger partial charge in [-0.2, -0.15) is 10.4 Å². The molecule has 0 saturated heterocycles. The first-order valence-corrected chi connectivity index (χ1v) is 11.7. The van der Waals surface area contributed by atoms with Gasteiger partial charge in [0.15, 0.2) is 5.78 Å². The van der Waals surface area contributed by atoms with Gasteiger partial charge in [0.2, 0.25) is 5.95 Å². The molecule has 176 valence electrons. The number of aryl methyl sites for hydroxylation is 1. The van der Waals surface area contributed by atoms with E-state index in [0.717, 1.165) is 48.2 Å². The lowest BCUT2D eigenvalue weighted by Crippen LogP contribution is -2.22. The van der Waals surface area contributed by atoms with E-state index in [0.29, 0.717) is 23.7 Å². The Bertz CT molecular complexity index is 1170. The van der Waals surface area contributed by atoms with Crippen molar-refractivity contribution in [2.45, 2.75) is 58.1 Å². The van der Waals surface area contributed by atoms with Crippen molar-refractivity contribution in [2.75, 3.05) is 12.4 Å². The first-order valence-electron chi connectivity index (χ1n) is 11.7. The fraction of sp³-hybridized carbons (Fsp3) is 0.423. The molecule has 1 aromatic carbocycles. The number of ketones is 1. The number of benzene rings is 1. The Morgan fingerprint density at radius 2 is 1.97 bits per heavy atom. The summed E-state index contributed by atoms with van der Waals surface area (Å²) in [5.74, 6) is 0.163. The van der Waals surface area contributed by atoms with Crippen molar-refractivity contribution in [3.05, 3.63) is 54.0 Å². The summed E-state index contributed by atoms with van der Waals surface area (Å²) in [4.78, 5) is 21.5. The third-order valence-corrected chi connectivity index (χ3v) is 6.37. The van der Waals surface area contributed by atoms with Crippen LogP contribution in [0.5, 0.6) is 0 Å². The first-order chi connectivity index (χ1) is 16.5. The van der Waals surface area contributed by atoms with Crippen molar-refractivity contribution >= 4 is 17.4 Å². The summed E-state index contributed by atoms with van der Waals surface area (Å²) in [6.45, 7) is 3.71. The number of carbonyl (C=O) groups excluding carboxylic acids is 1. The highest BCUT2D eigenvalue weighted by atomic mass is 16.5. The van der Waals surface area contributed by atoms with E-state index in [1.54, 1.807) is 38.6 Å². The molecule has 8 nitrogen and oxygen atoms in total. The Hall–Kier alpha value is -3.57. The predicted octanol–water partition coefficient (Wildman–Crippen LogP) is 5.25. The minimum absolute atomic E-state index is 0.0323. The molecule has 0 bridgehead atoms. The summed E-state index contributed by atoms with van der Waals surface area (Å²) in [6.07, 6.45) is 10.4. The molecular weight excluding hydrogens is 428 g/mol. The summed E-state index contributed by atoms with van der Waals surface area (Å²) >= 11 is 0. The van der Waals surface area contributed by atoms with Crippen molar-refractivity contribution in [3.8, 4) is 17.3 Å². The van der Waals surface area contributed by atoms with Gasteiger partial charge in [-0.3, -0.25) is 9.48 Å². The van der Waals surface area contributed by atoms with E-state index in [2.05, 4.69) is 21.5 Å². The van der Waals surface area contributed by atoms with Crippen LogP contribution in [0.25, 0.3) is 11.3 Å². The highest BCUT2D eigenvalue weighted by Gasteiger charge is 2.22. The summed E-state index contributed by atoms with van der Waals surface area (Å²) in [5.41, 5.74) is 4.08. The van der Waals surface area contributed by atoms with Gasteiger partial charge in [-0.15, -0.1) is 0 Å². The summed E-state index contributed by atoms with van der Waals surface area (Å²) in [5, 5.41) is 16.7. The lowest BCUT2D eigenvalue weighted by molar-refractivity contribution is 0.0568. The smallest absolute Gasteiger partial charge is 0.227 e. The van der Waals surface area contributed by atoms with Crippen molar-refractivity contribution in [3.63, 3.8) is 0 Å². The zero-order valence-electron chi connectivity index (χ0n) is 19.9. The molecule has 1 atom stereocenters. The van der Waals surface area contributed by atoms with Crippen molar-refractivity contribution in [1.29, 1.82) is 5.26 Å². The zero-order valence-corrected chi connectivity index (χ0v) is 19.9. The third kappa shape index (κ3) is 5.49. The quantitative estimate of drug-likeness (QED) is 0.459. The molecule has 1 aliphatic rings.